The summed E-state index contributed by atoms with van der Waals surface area (Å²) in [6.45, 7) is 1.64. The molecule has 3 rings (SSSR count). The Kier molecular flexibility index (Phi) is 2.70. The van der Waals surface area contributed by atoms with Crippen molar-refractivity contribution in [1.29, 1.82) is 0 Å². The zero-order valence-electron chi connectivity index (χ0n) is 10.4. The van der Waals surface area contributed by atoms with Crippen molar-refractivity contribution in [3.8, 4) is 0 Å². The van der Waals surface area contributed by atoms with Gasteiger partial charge < -0.3 is 9.67 Å². The quantitative estimate of drug-likeness (QED) is 0.738. The number of benzene rings is 1. The van der Waals surface area contributed by atoms with Crippen LogP contribution in [0.25, 0.3) is 16.8 Å². The number of thioether (sulfide) groups is 1. The lowest BCUT2D eigenvalue weighted by atomic mass is 10.3. The molecule has 1 aromatic carbocycles. The first kappa shape index (κ1) is 12.0. The lowest BCUT2D eigenvalue weighted by Gasteiger charge is -2.02. The molecule has 6 nitrogen and oxygen atoms in total. The number of carboxylic acid groups (broad SMARTS) is 1. The fraction of sp³-hybridized carbons (Fsp3) is 0.250. The molecule has 1 N–H and O–H groups in total. The van der Waals surface area contributed by atoms with Gasteiger partial charge in [0.15, 0.2) is 5.16 Å². The van der Waals surface area contributed by atoms with Crippen LogP contribution in [-0.2, 0) is 11.8 Å². The smallest absolute Gasteiger partial charge is 0.316 e. The predicted octanol–water partition coefficient (Wildman–Crippen LogP) is 1.79. The summed E-state index contributed by atoms with van der Waals surface area (Å²) in [4.78, 5) is 10.9. The minimum atomic E-state index is -0.859. The fourth-order valence-corrected chi connectivity index (χ4v) is 2.81. The normalized spacial score (nSPS) is 13.2. The number of fused-ring (bicyclic) bond motifs is 3. The fourth-order valence-electron chi connectivity index (χ4n) is 2.02. The maximum atomic E-state index is 10.9. The highest BCUT2D eigenvalue weighted by molar-refractivity contribution is 8.00. The summed E-state index contributed by atoms with van der Waals surface area (Å²) in [5, 5.41) is 17.2. The number of hydrogen-bond donors (Lipinski definition) is 1. The molecular formula is C12H12N4O2S. The summed E-state index contributed by atoms with van der Waals surface area (Å²) in [7, 11) is 1.92. The second-order valence-corrected chi connectivity index (χ2v) is 5.57. The number of para-hydroxylation sites is 2. The molecule has 0 fully saturated rings. The Morgan fingerprint density at radius 2 is 2.00 bits per heavy atom. The highest BCUT2D eigenvalue weighted by atomic mass is 32.2. The Balaban J connectivity index is 2.22. The molecule has 0 radical (unpaired) electrons. The van der Waals surface area contributed by atoms with Gasteiger partial charge in [0.2, 0.25) is 5.78 Å². The van der Waals surface area contributed by atoms with Crippen molar-refractivity contribution < 1.29 is 9.90 Å². The molecule has 19 heavy (non-hydrogen) atoms. The van der Waals surface area contributed by atoms with Crippen molar-refractivity contribution in [2.75, 3.05) is 0 Å². The van der Waals surface area contributed by atoms with Crippen molar-refractivity contribution in [3.63, 3.8) is 0 Å². The van der Waals surface area contributed by atoms with E-state index >= 15 is 0 Å². The molecule has 0 saturated carbocycles. The second-order valence-electron chi connectivity index (χ2n) is 4.26. The number of aromatic nitrogens is 4. The third-order valence-corrected chi connectivity index (χ3v) is 4.06. The number of aliphatic carboxylic acids is 1. The molecule has 0 aliphatic carbocycles. The summed E-state index contributed by atoms with van der Waals surface area (Å²) in [5.74, 6) is -0.150. The van der Waals surface area contributed by atoms with Crippen molar-refractivity contribution >= 4 is 34.5 Å². The molecule has 0 spiro atoms. The molecule has 2 heterocycles. The summed E-state index contributed by atoms with van der Waals surface area (Å²) < 4.78 is 3.83. The number of rotatable bonds is 3. The van der Waals surface area contributed by atoms with Crippen LogP contribution in [0.2, 0.25) is 0 Å². The third kappa shape index (κ3) is 1.77. The minimum Gasteiger partial charge on any atom is -0.480 e. The van der Waals surface area contributed by atoms with E-state index in [2.05, 4.69) is 10.2 Å². The number of nitrogens with zero attached hydrogens (tertiary/aromatic N) is 4. The van der Waals surface area contributed by atoms with Crippen LogP contribution >= 0.6 is 11.8 Å². The number of hydrogen-bond acceptors (Lipinski definition) is 4. The molecule has 7 heteroatoms. The maximum absolute atomic E-state index is 10.9. The van der Waals surface area contributed by atoms with Crippen molar-refractivity contribution in [1.82, 2.24) is 19.2 Å². The molecule has 0 aliphatic rings. The van der Waals surface area contributed by atoms with Gasteiger partial charge in [-0.1, -0.05) is 23.9 Å². The van der Waals surface area contributed by atoms with E-state index in [1.54, 1.807) is 6.92 Å². The third-order valence-electron chi connectivity index (χ3n) is 3.03. The molecule has 0 aliphatic heterocycles. The van der Waals surface area contributed by atoms with E-state index in [4.69, 9.17) is 5.11 Å². The van der Waals surface area contributed by atoms with Gasteiger partial charge in [-0.25, -0.2) is 0 Å². The van der Waals surface area contributed by atoms with Crippen LogP contribution in [0.5, 0.6) is 0 Å². The monoisotopic (exact) mass is 276 g/mol. The van der Waals surface area contributed by atoms with Gasteiger partial charge in [0, 0.05) is 7.05 Å². The van der Waals surface area contributed by atoms with Gasteiger partial charge in [0.25, 0.3) is 0 Å². The molecule has 0 bridgehead atoms. The van der Waals surface area contributed by atoms with Crippen LogP contribution < -0.4 is 0 Å². The minimum absolute atomic E-state index is 0.564. The highest BCUT2D eigenvalue weighted by Gasteiger charge is 2.20. The van der Waals surface area contributed by atoms with Gasteiger partial charge in [-0.3, -0.25) is 9.20 Å². The number of imidazole rings is 1. The molecule has 0 amide bonds. The summed E-state index contributed by atoms with van der Waals surface area (Å²) in [6, 6.07) is 7.87. The summed E-state index contributed by atoms with van der Waals surface area (Å²) in [5.41, 5.74) is 2.02. The lowest BCUT2D eigenvalue weighted by Crippen LogP contribution is -2.11. The first-order valence-electron chi connectivity index (χ1n) is 5.77. The van der Waals surface area contributed by atoms with Crippen LogP contribution in [0.15, 0.2) is 29.4 Å². The van der Waals surface area contributed by atoms with Crippen LogP contribution in [0.4, 0.5) is 0 Å². The van der Waals surface area contributed by atoms with E-state index in [1.165, 1.54) is 11.8 Å². The summed E-state index contributed by atoms with van der Waals surface area (Å²) >= 11 is 1.19. The number of carboxylic acids is 1. The van der Waals surface area contributed by atoms with E-state index in [0.29, 0.717) is 10.9 Å². The molecule has 0 saturated heterocycles. The van der Waals surface area contributed by atoms with Crippen LogP contribution in [0, 0.1) is 0 Å². The number of aryl methyl sites for hydroxylation is 1. The average Bonchev–Trinajstić information content (AvgIpc) is 2.92. The van der Waals surface area contributed by atoms with E-state index in [-0.39, 0.29) is 0 Å². The topological polar surface area (TPSA) is 72.4 Å². The van der Waals surface area contributed by atoms with Crippen LogP contribution in [0.3, 0.4) is 0 Å². The molecular weight excluding hydrogens is 264 g/mol. The second kappa shape index (κ2) is 4.27. The molecule has 0 unspecified atom stereocenters. The van der Waals surface area contributed by atoms with E-state index in [1.807, 2.05) is 40.3 Å². The average molecular weight is 276 g/mol. The van der Waals surface area contributed by atoms with Crippen LogP contribution in [-0.4, -0.2) is 35.5 Å². The standard InChI is InChI=1S/C12H12N4O2S/c1-7(10(17)18)19-12-14-13-11-15(2)8-5-3-4-6-9(8)16(11)12/h3-7H,1-2H3,(H,17,18)/t7-/m1/s1. The predicted molar refractivity (Wildman–Crippen MR) is 72.4 cm³/mol. The molecule has 98 valence electrons. The van der Waals surface area contributed by atoms with Gasteiger partial charge in [-0.15, -0.1) is 10.2 Å². The van der Waals surface area contributed by atoms with E-state index < -0.39 is 11.2 Å². The van der Waals surface area contributed by atoms with Crippen molar-refractivity contribution in [2.45, 2.75) is 17.3 Å². The Labute approximate surface area is 113 Å². The Morgan fingerprint density at radius 3 is 2.68 bits per heavy atom. The Bertz CT molecular complexity index is 777. The first-order chi connectivity index (χ1) is 9.09. The SMILES string of the molecule is C[C@@H](Sc1nnc2n(C)c3ccccc3n12)C(=O)O. The van der Waals surface area contributed by atoms with E-state index in [0.717, 1.165) is 11.0 Å². The molecule has 2 aromatic heterocycles. The number of carbonyl (C=O) groups is 1. The van der Waals surface area contributed by atoms with Gasteiger partial charge in [-0.2, -0.15) is 0 Å². The maximum Gasteiger partial charge on any atom is 0.316 e. The zero-order chi connectivity index (χ0) is 13.6. The Hall–Kier alpha value is -2.02. The largest absolute Gasteiger partial charge is 0.480 e. The highest BCUT2D eigenvalue weighted by Crippen LogP contribution is 2.27. The lowest BCUT2D eigenvalue weighted by molar-refractivity contribution is -0.136. The molecule has 1 atom stereocenters. The summed E-state index contributed by atoms with van der Waals surface area (Å²) in [6.07, 6.45) is 0. The van der Waals surface area contributed by atoms with Crippen molar-refractivity contribution in [2.24, 2.45) is 7.05 Å². The Morgan fingerprint density at radius 1 is 1.32 bits per heavy atom. The van der Waals surface area contributed by atoms with Crippen molar-refractivity contribution in [3.05, 3.63) is 24.3 Å². The van der Waals surface area contributed by atoms with Gasteiger partial charge >= 0.3 is 5.97 Å². The van der Waals surface area contributed by atoms with Gasteiger partial charge in [0.1, 0.15) is 5.25 Å². The van der Waals surface area contributed by atoms with E-state index in [9.17, 15) is 4.79 Å². The van der Waals surface area contributed by atoms with Crippen LogP contribution in [0.1, 0.15) is 6.92 Å². The first-order valence-corrected chi connectivity index (χ1v) is 6.65. The zero-order valence-corrected chi connectivity index (χ0v) is 11.3. The van der Waals surface area contributed by atoms with Gasteiger partial charge in [0.05, 0.1) is 11.0 Å². The molecule has 3 aromatic rings. The van der Waals surface area contributed by atoms with Gasteiger partial charge in [-0.05, 0) is 19.1 Å².